The molecule has 4 rings (SSSR count). The van der Waals surface area contributed by atoms with Crippen molar-refractivity contribution in [2.24, 2.45) is 0 Å². The van der Waals surface area contributed by atoms with Crippen LogP contribution in [-0.2, 0) is 4.79 Å². The fourth-order valence-corrected chi connectivity index (χ4v) is 4.03. The Morgan fingerprint density at radius 2 is 2.03 bits per heavy atom. The Labute approximate surface area is 175 Å². The first kappa shape index (κ1) is 19.4. The smallest absolute Gasteiger partial charge is 0.324 e. The standard InChI is InChI=1S/C19H14N6O4S/c20-6-11-16(10-1-2-13-14(5-10)29-9-28-13)12(7-21)18(24-17(11)22)30-8-15(26)25-4-3-23-19(25)27/h1-2,5H,3-4,8-9H2,(H2,22,24)(H,23,27). The molecule has 0 unspecified atom stereocenters. The highest BCUT2D eigenvalue weighted by atomic mass is 32.2. The lowest BCUT2D eigenvalue weighted by Crippen LogP contribution is -2.35. The zero-order valence-corrected chi connectivity index (χ0v) is 16.3. The van der Waals surface area contributed by atoms with Gasteiger partial charge in [0.1, 0.15) is 28.5 Å². The Hall–Kier alpha value is -3.96. The number of imide groups is 1. The number of nitrogens with two attached hydrogens (primary N) is 1. The molecule has 1 aromatic heterocycles. The maximum atomic E-state index is 12.3. The van der Waals surface area contributed by atoms with E-state index in [4.69, 9.17) is 15.2 Å². The Morgan fingerprint density at radius 3 is 2.73 bits per heavy atom. The van der Waals surface area contributed by atoms with Crippen molar-refractivity contribution in [3.05, 3.63) is 29.3 Å². The van der Waals surface area contributed by atoms with Crippen LogP contribution in [0.5, 0.6) is 11.5 Å². The molecule has 0 atom stereocenters. The van der Waals surface area contributed by atoms with Crippen molar-refractivity contribution < 1.29 is 19.1 Å². The highest BCUT2D eigenvalue weighted by Gasteiger charge is 2.27. The normalized spacial score (nSPS) is 14.2. The summed E-state index contributed by atoms with van der Waals surface area (Å²) < 4.78 is 10.7. The molecule has 10 nitrogen and oxygen atoms in total. The average Bonchev–Trinajstić information content (AvgIpc) is 3.39. The number of urea groups is 1. The lowest BCUT2D eigenvalue weighted by molar-refractivity contribution is -0.124. The number of nitrogen functional groups attached to an aromatic ring is 1. The number of thioether (sulfide) groups is 1. The molecule has 30 heavy (non-hydrogen) atoms. The van der Waals surface area contributed by atoms with Gasteiger partial charge in [-0.15, -0.1) is 0 Å². The van der Waals surface area contributed by atoms with Crippen LogP contribution in [0, 0.1) is 22.7 Å². The topological polar surface area (TPSA) is 154 Å². The molecule has 1 fully saturated rings. The molecule has 2 aromatic rings. The molecule has 3 N–H and O–H groups in total. The number of nitrogens with one attached hydrogen (secondary N) is 1. The van der Waals surface area contributed by atoms with E-state index >= 15 is 0 Å². The summed E-state index contributed by atoms with van der Waals surface area (Å²) in [5.41, 5.74) is 7.00. The molecule has 150 valence electrons. The number of aromatic nitrogens is 1. The number of nitriles is 2. The fourth-order valence-electron chi connectivity index (χ4n) is 3.16. The number of rotatable bonds is 4. The number of nitrogens with zero attached hydrogens (tertiary/aromatic N) is 4. The van der Waals surface area contributed by atoms with Crippen molar-refractivity contribution in [3.63, 3.8) is 0 Å². The summed E-state index contributed by atoms with van der Waals surface area (Å²) in [7, 11) is 0. The number of benzene rings is 1. The molecular formula is C19H14N6O4S. The molecule has 0 bridgehead atoms. The number of hydrogen-bond acceptors (Lipinski definition) is 9. The number of carbonyl (C=O) groups excluding carboxylic acids is 2. The van der Waals surface area contributed by atoms with Crippen LogP contribution >= 0.6 is 11.8 Å². The maximum absolute atomic E-state index is 12.3. The average molecular weight is 422 g/mol. The number of fused-ring (bicyclic) bond motifs is 1. The van der Waals surface area contributed by atoms with Crippen LogP contribution in [-0.4, -0.2) is 47.5 Å². The molecule has 0 spiro atoms. The van der Waals surface area contributed by atoms with E-state index in [1.54, 1.807) is 18.2 Å². The van der Waals surface area contributed by atoms with Crippen molar-refractivity contribution >= 4 is 29.5 Å². The van der Waals surface area contributed by atoms with Gasteiger partial charge in [0.2, 0.25) is 12.7 Å². The minimum Gasteiger partial charge on any atom is -0.454 e. The van der Waals surface area contributed by atoms with Crippen molar-refractivity contribution in [2.45, 2.75) is 5.03 Å². The molecule has 0 radical (unpaired) electrons. The monoisotopic (exact) mass is 422 g/mol. The highest BCUT2D eigenvalue weighted by Crippen LogP contribution is 2.40. The summed E-state index contributed by atoms with van der Waals surface area (Å²) >= 11 is 0.986. The number of ether oxygens (including phenoxy) is 2. The number of carbonyl (C=O) groups is 2. The Morgan fingerprint density at radius 1 is 1.27 bits per heavy atom. The number of anilines is 1. The summed E-state index contributed by atoms with van der Waals surface area (Å²) in [6.07, 6.45) is 0. The van der Waals surface area contributed by atoms with Gasteiger partial charge in [-0.1, -0.05) is 17.8 Å². The van der Waals surface area contributed by atoms with Crippen LogP contribution in [0.2, 0.25) is 0 Å². The van der Waals surface area contributed by atoms with E-state index in [0.717, 1.165) is 16.7 Å². The zero-order chi connectivity index (χ0) is 21.3. The molecule has 3 amide bonds. The molecular weight excluding hydrogens is 408 g/mol. The predicted molar refractivity (Wildman–Crippen MR) is 105 cm³/mol. The van der Waals surface area contributed by atoms with E-state index in [0.29, 0.717) is 29.2 Å². The van der Waals surface area contributed by atoms with Gasteiger partial charge in [-0.3, -0.25) is 9.69 Å². The molecule has 1 saturated heterocycles. The van der Waals surface area contributed by atoms with Crippen LogP contribution in [0.15, 0.2) is 23.2 Å². The summed E-state index contributed by atoms with van der Waals surface area (Å²) in [5, 5.41) is 22.2. The predicted octanol–water partition coefficient (Wildman–Crippen LogP) is 1.45. The first-order valence-electron chi connectivity index (χ1n) is 8.78. The van der Waals surface area contributed by atoms with Crippen molar-refractivity contribution in [3.8, 4) is 34.8 Å². The number of pyridine rings is 1. The van der Waals surface area contributed by atoms with Crippen molar-refractivity contribution in [1.82, 2.24) is 15.2 Å². The lowest BCUT2D eigenvalue weighted by Gasteiger charge is -2.15. The van der Waals surface area contributed by atoms with E-state index in [-0.39, 0.29) is 41.1 Å². The van der Waals surface area contributed by atoms with Crippen molar-refractivity contribution in [1.29, 1.82) is 10.5 Å². The second-order valence-corrected chi connectivity index (χ2v) is 7.25. The molecule has 0 aliphatic carbocycles. The van der Waals surface area contributed by atoms with Gasteiger partial charge >= 0.3 is 6.03 Å². The van der Waals surface area contributed by atoms with Gasteiger partial charge in [0, 0.05) is 18.7 Å². The largest absolute Gasteiger partial charge is 0.454 e. The number of amides is 3. The molecule has 1 aromatic carbocycles. The second kappa shape index (κ2) is 7.81. The van der Waals surface area contributed by atoms with E-state index in [1.165, 1.54) is 0 Å². The van der Waals surface area contributed by atoms with Gasteiger partial charge in [0.05, 0.1) is 11.3 Å². The Kier molecular flexibility index (Phi) is 5.04. The zero-order valence-electron chi connectivity index (χ0n) is 15.5. The maximum Gasteiger partial charge on any atom is 0.324 e. The lowest BCUT2D eigenvalue weighted by atomic mass is 9.96. The van der Waals surface area contributed by atoms with Crippen LogP contribution < -0.4 is 20.5 Å². The van der Waals surface area contributed by atoms with E-state index in [9.17, 15) is 20.1 Å². The molecule has 2 aliphatic rings. The minimum absolute atomic E-state index is 0.0556. The molecule has 2 aliphatic heterocycles. The van der Waals surface area contributed by atoms with Gasteiger partial charge in [0.25, 0.3) is 0 Å². The second-order valence-electron chi connectivity index (χ2n) is 6.28. The van der Waals surface area contributed by atoms with E-state index in [2.05, 4.69) is 16.4 Å². The van der Waals surface area contributed by atoms with Crippen LogP contribution in [0.4, 0.5) is 10.6 Å². The first-order valence-corrected chi connectivity index (χ1v) is 9.76. The SMILES string of the molecule is N#Cc1c(N)nc(SCC(=O)N2CCNC2=O)c(C#N)c1-c1ccc2c(c1)OCO2. The summed E-state index contributed by atoms with van der Waals surface area (Å²) in [6.45, 7) is 0.768. The molecule has 0 saturated carbocycles. The van der Waals surface area contributed by atoms with Gasteiger partial charge in [-0.05, 0) is 17.7 Å². The quantitative estimate of drug-likeness (QED) is 0.696. The van der Waals surface area contributed by atoms with Gasteiger partial charge < -0.3 is 20.5 Å². The minimum atomic E-state index is -0.450. The van der Waals surface area contributed by atoms with Gasteiger partial charge in [-0.25, -0.2) is 9.78 Å². The van der Waals surface area contributed by atoms with E-state index in [1.807, 2.05) is 6.07 Å². The summed E-state index contributed by atoms with van der Waals surface area (Å²) in [5.74, 6) is 0.467. The Bertz CT molecular complexity index is 1150. The van der Waals surface area contributed by atoms with Gasteiger partial charge in [-0.2, -0.15) is 10.5 Å². The fraction of sp³-hybridized carbons (Fsp3) is 0.211. The van der Waals surface area contributed by atoms with Crippen LogP contribution in [0.1, 0.15) is 11.1 Å². The third-order valence-corrected chi connectivity index (χ3v) is 5.53. The molecule has 3 heterocycles. The highest BCUT2D eigenvalue weighted by molar-refractivity contribution is 8.00. The summed E-state index contributed by atoms with van der Waals surface area (Å²) in [6, 6.07) is 8.65. The third kappa shape index (κ3) is 3.32. The Balaban J connectivity index is 1.72. The van der Waals surface area contributed by atoms with E-state index < -0.39 is 11.9 Å². The van der Waals surface area contributed by atoms with Crippen molar-refractivity contribution in [2.75, 3.05) is 31.4 Å². The van der Waals surface area contributed by atoms with Crippen LogP contribution in [0.25, 0.3) is 11.1 Å². The first-order chi connectivity index (χ1) is 14.5. The van der Waals surface area contributed by atoms with Crippen LogP contribution in [0.3, 0.4) is 0 Å². The number of hydrogen-bond donors (Lipinski definition) is 2. The summed E-state index contributed by atoms with van der Waals surface area (Å²) in [4.78, 5) is 29.3. The molecule has 11 heteroatoms. The van der Waals surface area contributed by atoms with Gasteiger partial charge in [0.15, 0.2) is 11.5 Å². The third-order valence-electron chi connectivity index (χ3n) is 4.57.